The van der Waals surface area contributed by atoms with Crippen molar-refractivity contribution in [1.29, 1.82) is 0 Å². The minimum atomic E-state index is 0.887. The molecule has 3 heteroatoms. The van der Waals surface area contributed by atoms with Gasteiger partial charge in [0.2, 0.25) is 0 Å². The van der Waals surface area contributed by atoms with Crippen LogP contribution in [0.25, 0.3) is 11.0 Å². The topological polar surface area (TPSA) is 41.6 Å². The highest BCUT2D eigenvalue weighted by atomic mass is 14.8. The van der Waals surface area contributed by atoms with Crippen molar-refractivity contribution in [3.8, 4) is 0 Å². The maximum atomic E-state index is 4.39. The van der Waals surface area contributed by atoms with Gasteiger partial charge in [0.05, 0.1) is 0 Å². The quantitative estimate of drug-likeness (QED) is 0.743. The van der Waals surface area contributed by atoms with E-state index in [9.17, 15) is 0 Å². The number of nitrogens with one attached hydrogen (secondary N) is 1. The Balaban J connectivity index is 1.99. The zero-order valence-electron chi connectivity index (χ0n) is 10.6. The highest BCUT2D eigenvalue weighted by Gasteiger charge is 2.06. The van der Waals surface area contributed by atoms with E-state index in [0.29, 0.717) is 0 Å². The number of rotatable bonds is 2. The number of nitrogens with zero attached hydrogens (tertiary/aromatic N) is 2. The Morgan fingerprint density at radius 3 is 2.78 bits per heavy atom. The maximum absolute atomic E-state index is 4.39. The lowest BCUT2D eigenvalue weighted by atomic mass is 10.1. The van der Waals surface area contributed by atoms with Crippen LogP contribution in [0.3, 0.4) is 0 Å². The zero-order valence-corrected chi connectivity index (χ0v) is 10.6. The Kier molecular flexibility index (Phi) is 2.59. The molecule has 3 rings (SSSR count). The van der Waals surface area contributed by atoms with Gasteiger partial charge in [-0.15, -0.1) is 0 Å². The fourth-order valence-electron chi connectivity index (χ4n) is 2.13. The van der Waals surface area contributed by atoms with Crippen LogP contribution in [0.1, 0.15) is 22.4 Å². The largest absolute Gasteiger partial charge is 0.346 e. The average molecular weight is 237 g/mol. The third-order valence-electron chi connectivity index (χ3n) is 3.12. The second-order valence-corrected chi connectivity index (χ2v) is 4.71. The molecule has 0 unspecified atom stereocenters. The van der Waals surface area contributed by atoms with E-state index in [1.807, 2.05) is 31.6 Å². The molecule has 18 heavy (non-hydrogen) atoms. The molecule has 0 radical (unpaired) electrons. The van der Waals surface area contributed by atoms with Gasteiger partial charge in [0.15, 0.2) is 0 Å². The van der Waals surface area contributed by atoms with Gasteiger partial charge in [0, 0.05) is 36.1 Å². The summed E-state index contributed by atoms with van der Waals surface area (Å²) in [5, 5.41) is 1.20. The van der Waals surface area contributed by atoms with E-state index in [1.54, 1.807) is 0 Å². The number of hydrogen-bond acceptors (Lipinski definition) is 2. The van der Waals surface area contributed by atoms with Crippen molar-refractivity contribution in [2.24, 2.45) is 0 Å². The lowest BCUT2D eigenvalue weighted by Crippen LogP contribution is -1.89. The van der Waals surface area contributed by atoms with Crippen LogP contribution in [0.4, 0.5) is 0 Å². The first kappa shape index (κ1) is 11.0. The minimum Gasteiger partial charge on any atom is -0.346 e. The first-order chi connectivity index (χ1) is 8.72. The van der Waals surface area contributed by atoms with Crippen molar-refractivity contribution in [2.45, 2.75) is 20.3 Å². The second kappa shape index (κ2) is 4.26. The Bertz CT molecular complexity index is 681. The Morgan fingerprint density at radius 1 is 1.11 bits per heavy atom. The fourth-order valence-corrected chi connectivity index (χ4v) is 2.13. The Morgan fingerprint density at radius 2 is 2.00 bits per heavy atom. The van der Waals surface area contributed by atoms with E-state index in [4.69, 9.17) is 0 Å². The van der Waals surface area contributed by atoms with E-state index >= 15 is 0 Å². The van der Waals surface area contributed by atoms with Crippen LogP contribution >= 0.6 is 0 Å². The maximum Gasteiger partial charge on any atom is 0.137 e. The summed E-state index contributed by atoms with van der Waals surface area (Å²) in [5.74, 6) is 0. The summed E-state index contributed by atoms with van der Waals surface area (Å²) in [6.45, 7) is 4.07. The second-order valence-electron chi connectivity index (χ2n) is 4.71. The fraction of sp³-hybridized carbons (Fsp3) is 0.200. The molecule has 0 aliphatic carbocycles. The molecule has 0 aliphatic rings. The standard InChI is InChI=1S/C15H15N3/c1-10-5-14-13(9-18-15(14)17-7-10)6-12-4-3-11(2)16-8-12/h3-5,7-9H,6H2,1-2H3,(H,17,18). The van der Waals surface area contributed by atoms with Crippen LogP contribution < -0.4 is 0 Å². The first-order valence-electron chi connectivity index (χ1n) is 6.06. The number of aromatic amines is 1. The lowest BCUT2D eigenvalue weighted by molar-refractivity contribution is 1.11. The average Bonchev–Trinajstić information content (AvgIpc) is 2.75. The third-order valence-corrected chi connectivity index (χ3v) is 3.12. The highest BCUT2D eigenvalue weighted by molar-refractivity contribution is 5.80. The van der Waals surface area contributed by atoms with Gasteiger partial charge in [-0.2, -0.15) is 0 Å². The molecular formula is C15H15N3. The van der Waals surface area contributed by atoms with Crippen LogP contribution in [0.5, 0.6) is 0 Å². The normalized spacial score (nSPS) is 11.0. The van der Waals surface area contributed by atoms with Crippen LogP contribution in [-0.2, 0) is 6.42 Å². The monoisotopic (exact) mass is 237 g/mol. The Hall–Kier alpha value is -2.16. The van der Waals surface area contributed by atoms with Gasteiger partial charge in [-0.3, -0.25) is 4.98 Å². The summed E-state index contributed by atoms with van der Waals surface area (Å²) in [6.07, 6.45) is 6.75. The van der Waals surface area contributed by atoms with Gasteiger partial charge in [-0.25, -0.2) is 4.98 Å². The van der Waals surface area contributed by atoms with Crippen molar-refractivity contribution in [3.05, 3.63) is 59.2 Å². The van der Waals surface area contributed by atoms with Crippen molar-refractivity contribution < 1.29 is 0 Å². The van der Waals surface area contributed by atoms with Crippen LogP contribution in [-0.4, -0.2) is 15.0 Å². The van der Waals surface area contributed by atoms with Crippen LogP contribution in [0.2, 0.25) is 0 Å². The zero-order chi connectivity index (χ0) is 12.5. The van der Waals surface area contributed by atoms with E-state index in [-0.39, 0.29) is 0 Å². The molecule has 3 heterocycles. The van der Waals surface area contributed by atoms with Gasteiger partial charge < -0.3 is 4.98 Å². The molecule has 3 aromatic heterocycles. The summed E-state index contributed by atoms with van der Waals surface area (Å²) >= 11 is 0. The molecule has 0 bridgehead atoms. The summed E-state index contributed by atoms with van der Waals surface area (Å²) in [7, 11) is 0. The van der Waals surface area contributed by atoms with E-state index < -0.39 is 0 Å². The number of hydrogen-bond donors (Lipinski definition) is 1. The van der Waals surface area contributed by atoms with Gasteiger partial charge in [-0.05, 0) is 42.7 Å². The number of aromatic nitrogens is 3. The minimum absolute atomic E-state index is 0.887. The SMILES string of the molecule is Cc1cnc2[nH]cc(Cc3ccc(C)nc3)c2c1. The molecular weight excluding hydrogens is 222 g/mol. The van der Waals surface area contributed by atoms with E-state index in [0.717, 1.165) is 17.8 Å². The summed E-state index contributed by atoms with van der Waals surface area (Å²) in [6, 6.07) is 6.36. The van der Waals surface area contributed by atoms with Gasteiger partial charge >= 0.3 is 0 Å². The number of fused-ring (bicyclic) bond motifs is 1. The Labute approximate surface area is 106 Å². The lowest BCUT2D eigenvalue weighted by Gasteiger charge is -2.01. The predicted molar refractivity (Wildman–Crippen MR) is 72.6 cm³/mol. The van der Waals surface area contributed by atoms with E-state index in [2.05, 4.69) is 34.0 Å². The van der Waals surface area contributed by atoms with Crippen molar-refractivity contribution in [3.63, 3.8) is 0 Å². The number of pyridine rings is 2. The molecule has 0 amide bonds. The molecule has 0 aromatic carbocycles. The van der Waals surface area contributed by atoms with Gasteiger partial charge in [0.25, 0.3) is 0 Å². The molecule has 0 saturated carbocycles. The molecule has 1 N–H and O–H groups in total. The molecule has 0 spiro atoms. The van der Waals surface area contributed by atoms with Crippen molar-refractivity contribution >= 4 is 11.0 Å². The number of H-pyrrole nitrogens is 1. The summed E-state index contributed by atoms with van der Waals surface area (Å²) < 4.78 is 0. The predicted octanol–water partition coefficient (Wildman–Crippen LogP) is 3.17. The summed E-state index contributed by atoms with van der Waals surface area (Å²) in [4.78, 5) is 11.9. The molecule has 0 atom stereocenters. The smallest absolute Gasteiger partial charge is 0.137 e. The van der Waals surface area contributed by atoms with Gasteiger partial charge in [0.1, 0.15) is 5.65 Å². The molecule has 3 aromatic rings. The molecule has 90 valence electrons. The molecule has 0 aliphatic heterocycles. The highest BCUT2D eigenvalue weighted by Crippen LogP contribution is 2.20. The molecule has 0 saturated heterocycles. The van der Waals surface area contributed by atoms with Crippen molar-refractivity contribution in [1.82, 2.24) is 15.0 Å². The van der Waals surface area contributed by atoms with Crippen LogP contribution in [0.15, 0.2) is 36.8 Å². The van der Waals surface area contributed by atoms with Crippen LogP contribution in [0, 0.1) is 13.8 Å². The van der Waals surface area contributed by atoms with E-state index in [1.165, 1.54) is 22.1 Å². The third kappa shape index (κ3) is 1.99. The van der Waals surface area contributed by atoms with Gasteiger partial charge in [-0.1, -0.05) is 6.07 Å². The molecule has 0 fully saturated rings. The summed E-state index contributed by atoms with van der Waals surface area (Å²) in [5.41, 5.74) is 5.69. The molecule has 3 nitrogen and oxygen atoms in total. The van der Waals surface area contributed by atoms with Crippen molar-refractivity contribution in [2.75, 3.05) is 0 Å². The number of aryl methyl sites for hydroxylation is 2. The first-order valence-corrected chi connectivity index (χ1v) is 6.06.